The van der Waals surface area contributed by atoms with Crippen LogP contribution >= 0.6 is 0 Å². The summed E-state index contributed by atoms with van der Waals surface area (Å²) in [6.07, 6.45) is 8.00. The number of fused-ring (bicyclic) bond motifs is 2. The van der Waals surface area contributed by atoms with Crippen molar-refractivity contribution in [1.82, 2.24) is 0 Å². The maximum atomic E-state index is 6.38. The molecular formula is C12H25N. The Labute approximate surface area is 83.1 Å². The number of hydrogen-bond acceptors (Lipinski definition) is 1. The first kappa shape index (κ1) is 11.0. The molecule has 0 spiro atoms. The molecule has 3 unspecified atom stereocenters. The highest BCUT2D eigenvalue weighted by atomic mass is 14.8. The molecule has 0 amide bonds. The third-order valence-electron chi connectivity index (χ3n) is 3.83. The van der Waals surface area contributed by atoms with Gasteiger partial charge in [-0.05, 0) is 43.4 Å². The molecular weight excluding hydrogens is 158 g/mol. The molecule has 0 aliphatic heterocycles. The average molecular weight is 183 g/mol. The van der Waals surface area contributed by atoms with E-state index in [4.69, 9.17) is 5.73 Å². The minimum Gasteiger partial charge on any atom is -0.325 e. The lowest BCUT2D eigenvalue weighted by Gasteiger charge is -2.51. The maximum Gasteiger partial charge on any atom is 0.0162 e. The molecule has 2 aliphatic rings. The highest BCUT2D eigenvalue weighted by molar-refractivity contribution is 5.01. The highest BCUT2D eigenvalue weighted by Crippen LogP contribution is 2.51. The number of nitrogens with two attached hydrogens (primary N) is 1. The van der Waals surface area contributed by atoms with Crippen molar-refractivity contribution in [1.29, 1.82) is 0 Å². The molecule has 1 nitrogen and oxygen atoms in total. The summed E-state index contributed by atoms with van der Waals surface area (Å²) in [7, 11) is 0. The van der Waals surface area contributed by atoms with E-state index >= 15 is 0 Å². The number of rotatable bonds is 0. The Morgan fingerprint density at radius 2 is 1.92 bits per heavy atom. The first-order chi connectivity index (χ1) is 5.52. The third-order valence-corrected chi connectivity index (χ3v) is 3.83. The summed E-state index contributed by atoms with van der Waals surface area (Å²) in [5, 5.41) is 0. The zero-order chi connectivity index (χ0) is 8.82. The molecule has 2 bridgehead atoms. The quantitative estimate of drug-likeness (QED) is 0.612. The Morgan fingerprint density at radius 1 is 1.23 bits per heavy atom. The molecule has 2 saturated carbocycles. The van der Waals surface area contributed by atoms with Crippen molar-refractivity contribution in [3.05, 3.63) is 0 Å². The first-order valence-corrected chi connectivity index (χ1v) is 5.30. The van der Waals surface area contributed by atoms with Gasteiger partial charge >= 0.3 is 0 Å². The minimum atomic E-state index is 0. The summed E-state index contributed by atoms with van der Waals surface area (Å²) in [6.45, 7) is 4.80. The third kappa shape index (κ3) is 2.07. The van der Waals surface area contributed by atoms with E-state index < -0.39 is 0 Å². The Kier molecular flexibility index (Phi) is 2.78. The highest BCUT2D eigenvalue weighted by Gasteiger charge is 2.45. The second-order valence-electron chi connectivity index (χ2n) is 5.72. The fourth-order valence-corrected chi connectivity index (χ4v) is 3.85. The van der Waals surface area contributed by atoms with E-state index in [2.05, 4.69) is 13.8 Å². The molecule has 0 saturated heterocycles. The van der Waals surface area contributed by atoms with Crippen molar-refractivity contribution in [2.45, 2.75) is 65.3 Å². The van der Waals surface area contributed by atoms with Crippen LogP contribution in [-0.2, 0) is 0 Å². The van der Waals surface area contributed by atoms with Crippen LogP contribution in [0.25, 0.3) is 0 Å². The molecule has 0 aromatic rings. The molecule has 0 heterocycles. The minimum absolute atomic E-state index is 0. The monoisotopic (exact) mass is 183 g/mol. The summed E-state index contributed by atoms with van der Waals surface area (Å²) >= 11 is 0. The van der Waals surface area contributed by atoms with Gasteiger partial charge in [0.1, 0.15) is 0 Å². The van der Waals surface area contributed by atoms with Crippen molar-refractivity contribution in [2.24, 2.45) is 17.1 Å². The Hall–Kier alpha value is -0.0400. The fourth-order valence-electron chi connectivity index (χ4n) is 3.85. The van der Waals surface area contributed by atoms with Gasteiger partial charge in [0.05, 0.1) is 0 Å². The standard InChI is InChI=1S/C11H21N.CH4/c1-9-6-10(2)4-3-5-11(12,7-9)8-10;/h9H,3-8,12H2,1-2H3;1H4. The molecule has 2 fully saturated rings. The van der Waals surface area contributed by atoms with Gasteiger partial charge in [-0.1, -0.05) is 27.7 Å². The van der Waals surface area contributed by atoms with Gasteiger partial charge in [-0.25, -0.2) is 0 Å². The SMILES string of the molecule is C.CC1CC2(C)CCCC(N)(C1)C2. The van der Waals surface area contributed by atoms with Crippen LogP contribution in [0.5, 0.6) is 0 Å². The predicted octanol–water partition coefficient (Wildman–Crippen LogP) is 3.33. The van der Waals surface area contributed by atoms with Gasteiger partial charge < -0.3 is 5.73 Å². The topological polar surface area (TPSA) is 26.0 Å². The van der Waals surface area contributed by atoms with Crippen LogP contribution in [-0.4, -0.2) is 5.54 Å². The lowest BCUT2D eigenvalue weighted by Crippen LogP contribution is -2.52. The van der Waals surface area contributed by atoms with Gasteiger partial charge in [-0.3, -0.25) is 0 Å². The van der Waals surface area contributed by atoms with E-state index in [1.807, 2.05) is 0 Å². The Morgan fingerprint density at radius 3 is 2.54 bits per heavy atom. The molecule has 0 aromatic heterocycles. The van der Waals surface area contributed by atoms with Crippen molar-refractivity contribution in [3.63, 3.8) is 0 Å². The molecule has 1 heteroatoms. The first-order valence-electron chi connectivity index (χ1n) is 5.30. The molecule has 2 N–H and O–H groups in total. The summed E-state index contributed by atoms with van der Waals surface area (Å²) < 4.78 is 0. The average Bonchev–Trinajstić information content (AvgIpc) is 1.79. The van der Waals surface area contributed by atoms with Crippen LogP contribution in [0.3, 0.4) is 0 Å². The summed E-state index contributed by atoms with van der Waals surface area (Å²) in [5.74, 6) is 0.856. The van der Waals surface area contributed by atoms with Crippen LogP contribution in [0.15, 0.2) is 0 Å². The zero-order valence-electron chi connectivity index (χ0n) is 8.40. The van der Waals surface area contributed by atoms with Crippen LogP contribution in [0.2, 0.25) is 0 Å². The van der Waals surface area contributed by atoms with Gasteiger partial charge in [0, 0.05) is 5.54 Å². The fraction of sp³-hybridized carbons (Fsp3) is 1.00. The molecule has 2 aliphatic carbocycles. The van der Waals surface area contributed by atoms with Gasteiger partial charge in [-0.2, -0.15) is 0 Å². The Balaban J connectivity index is 0.000000845. The van der Waals surface area contributed by atoms with Crippen LogP contribution in [0.4, 0.5) is 0 Å². The smallest absolute Gasteiger partial charge is 0.0162 e. The molecule has 78 valence electrons. The summed E-state index contributed by atoms with van der Waals surface area (Å²) in [6, 6.07) is 0. The van der Waals surface area contributed by atoms with E-state index in [9.17, 15) is 0 Å². The Bertz CT molecular complexity index is 172. The van der Waals surface area contributed by atoms with E-state index in [1.165, 1.54) is 38.5 Å². The largest absolute Gasteiger partial charge is 0.325 e. The predicted molar refractivity (Wildman–Crippen MR) is 58.6 cm³/mol. The second kappa shape index (κ2) is 3.27. The molecule has 13 heavy (non-hydrogen) atoms. The molecule has 3 atom stereocenters. The van der Waals surface area contributed by atoms with Crippen LogP contribution in [0.1, 0.15) is 59.8 Å². The van der Waals surface area contributed by atoms with Crippen molar-refractivity contribution in [3.8, 4) is 0 Å². The van der Waals surface area contributed by atoms with Crippen molar-refractivity contribution in [2.75, 3.05) is 0 Å². The normalized spacial score (nSPS) is 49.6. The van der Waals surface area contributed by atoms with Crippen molar-refractivity contribution >= 4 is 0 Å². The van der Waals surface area contributed by atoms with E-state index in [-0.39, 0.29) is 13.0 Å². The van der Waals surface area contributed by atoms with Gasteiger partial charge in [-0.15, -0.1) is 0 Å². The lowest BCUT2D eigenvalue weighted by molar-refractivity contribution is 0.0408. The molecule has 0 radical (unpaired) electrons. The van der Waals surface area contributed by atoms with Gasteiger partial charge in [0.15, 0.2) is 0 Å². The molecule has 0 aromatic carbocycles. The number of hydrogen-bond donors (Lipinski definition) is 1. The van der Waals surface area contributed by atoms with E-state index in [1.54, 1.807) is 0 Å². The lowest BCUT2D eigenvalue weighted by atomic mass is 9.57. The second-order valence-corrected chi connectivity index (χ2v) is 5.72. The summed E-state index contributed by atoms with van der Waals surface area (Å²) in [5.41, 5.74) is 7.18. The van der Waals surface area contributed by atoms with Crippen LogP contribution in [0, 0.1) is 11.3 Å². The van der Waals surface area contributed by atoms with E-state index in [0.717, 1.165) is 5.92 Å². The maximum absolute atomic E-state index is 6.38. The van der Waals surface area contributed by atoms with Gasteiger partial charge in [0.25, 0.3) is 0 Å². The van der Waals surface area contributed by atoms with Crippen molar-refractivity contribution < 1.29 is 0 Å². The molecule has 2 rings (SSSR count). The summed E-state index contributed by atoms with van der Waals surface area (Å²) in [4.78, 5) is 0. The van der Waals surface area contributed by atoms with Gasteiger partial charge in [0.2, 0.25) is 0 Å². The zero-order valence-corrected chi connectivity index (χ0v) is 8.40. The van der Waals surface area contributed by atoms with Crippen LogP contribution < -0.4 is 5.73 Å². The van der Waals surface area contributed by atoms with E-state index in [0.29, 0.717) is 5.41 Å².